The zero-order chi connectivity index (χ0) is 20.3. The van der Waals surface area contributed by atoms with E-state index in [-0.39, 0.29) is 22.3 Å². The summed E-state index contributed by atoms with van der Waals surface area (Å²) in [6.07, 6.45) is 0. The molecule has 0 fully saturated rings. The molecule has 0 atom stereocenters. The van der Waals surface area contributed by atoms with Crippen LogP contribution in [0.3, 0.4) is 0 Å². The molecule has 146 valence electrons. The van der Waals surface area contributed by atoms with Crippen LogP contribution in [0, 0.1) is 0 Å². The van der Waals surface area contributed by atoms with Crippen LogP contribution in [0.15, 0.2) is 65.6 Å². The Morgan fingerprint density at radius 3 is 2.39 bits per heavy atom. The minimum Gasteiger partial charge on any atom is -0.495 e. The molecule has 28 heavy (non-hydrogen) atoms. The molecule has 0 aliphatic heterocycles. The average molecular weight is 399 g/mol. The summed E-state index contributed by atoms with van der Waals surface area (Å²) >= 11 is 0. The summed E-state index contributed by atoms with van der Waals surface area (Å²) in [5.41, 5.74) is 0.109. The summed E-state index contributed by atoms with van der Waals surface area (Å²) in [6.45, 7) is 3.42. The molecular formula is C21H21NO5S. The van der Waals surface area contributed by atoms with Crippen molar-refractivity contribution >= 4 is 26.8 Å². The van der Waals surface area contributed by atoms with Gasteiger partial charge in [0.15, 0.2) is 0 Å². The fourth-order valence-corrected chi connectivity index (χ4v) is 4.28. The SMILES string of the molecule is COc1ccc(C(=O)Oc2cccc3ccccc23)cc1S(=O)(=O)NC(C)C. The van der Waals surface area contributed by atoms with Crippen LogP contribution in [0.25, 0.3) is 10.8 Å². The molecule has 0 aromatic heterocycles. The highest BCUT2D eigenvalue weighted by molar-refractivity contribution is 7.89. The lowest BCUT2D eigenvalue weighted by molar-refractivity contribution is 0.0737. The number of ether oxygens (including phenoxy) is 2. The highest BCUT2D eigenvalue weighted by Crippen LogP contribution is 2.28. The Balaban J connectivity index is 1.97. The Hall–Kier alpha value is -2.90. The molecule has 0 bridgehead atoms. The lowest BCUT2D eigenvalue weighted by Gasteiger charge is -2.14. The number of methoxy groups -OCH3 is 1. The topological polar surface area (TPSA) is 81.7 Å². The first-order valence-electron chi connectivity index (χ1n) is 8.72. The van der Waals surface area contributed by atoms with Crippen molar-refractivity contribution in [3.05, 3.63) is 66.2 Å². The third-order valence-electron chi connectivity index (χ3n) is 4.03. The summed E-state index contributed by atoms with van der Waals surface area (Å²) < 4.78 is 38.4. The number of benzene rings is 3. The Morgan fingerprint density at radius 1 is 0.964 bits per heavy atom. The van der Waals surface area contributed by atoms with E-state index >= 15 is 0 Å². The van der Waals surface area contributed by atoms with Gasteiger partial charge in [-0.3, -0.25) is 0 Å². The molecule has 7 heteroatoms. The number of hydrogen-bond acceptors (Lipinski definition) is 5. The summed E-state index contributed by atoms with van der Waals surface area (Å²) in [6, 6.07) is 16.8. The van der Waals surface area contributed by atoms with Gasteiger partial charge in [-0.2, -0.15) is 0 Å². The van der Waals surface area contributed by atoms with Gasteiger partial charge in [-0.1, -0.05) is 36.4 Å². The van der Waals surface area contributed by atoms with E-state index in [0.717, 1.165) is 10.8 Å². The number of sulfonamides is 1. The first-order valence-corrected chi connectivity index (χ1v) is 10.2. The zero-order valence-corrected chi connectivity index (χ0v) is 16.6. The van der Waals surface area contributed by atoms with Crippen molar-refractivity contribution in [1.29, 1.82) is 0 Å². The van der Waals surface area contributed by atoms with Crippen LogP contribution in [-0.4, -0.2) is 27.5 Å². The van der Waals surface area contributed by atoms with Gasteiger partial charge < -0.3 is 9.47 Å². The van der Waals surface area contributed by atoms with Crippen LogP contribution >= 0.6 is 0 Å². The second-order valence-electron chi connectivity index (χ2n) is 6.51. The van der Waals surface area contributed by atoms with Crippen LogP contribution in [0.4, 0.5) is 0 Å². The van der Waals surface area contributed by atoms with Crippen molar-refractivity contribution in [3.8, 4) is 11.5 Å². The molecule has 0 saturated carbocycles. The van der Waals surface area contributed by atoms with Crippen molar-refractivity contribution in [1.82, 2.24) is 4.72 Å². The Kier molecular flexibility index (Phi) is 5.67. The van der Waals surface area contributed by atoms with E-state index in [1.807, 2.05) is 30.3 Å². The average Bonchev–Trinajstić information content (AvgIpc) is 2.66. The Bertz CT molecular complexity index is 1120. The van der Waals surface area contributed by atoms with Crippen molar-refractivity contribution in [2.45, 2.75) is 24.8 Å². The first-order chi connectivity index (χ1) is 13.3. The number of nitrogens with one attached hydrogen (secondary N) is 1. The van der Waals surface area contributed by atoms with Gasteiger partial charge in [0.1, 0.15) is 16.4 Å². The zero-order valence-electron chi connectivity index (χ0n) is 15.8. The molecule has 0 aliphatic carbocycles. The van der Waals surface area contributed by atoms with Gasteiger partial charge in [0, 0.05) is 11.4 Å². The summed E-state index contributed by atoms with van der Waals surface area (Å²) in [5, 5.41) is 1.73. The smallest absolute Gasteiger partial charge is 0.343 e. The predicted molar refractivity (Wildman–Crippen MR) is 107 cm³/mol. The normalized spacial score (nSPS) is 11.6. The number of fused-ring (bicyclic) bond motifs is 1. The van der Waals surface area contributed by atoms with Crippen LogP contribution in [0.1, 0.15) is 24.2 Å². The van der Waals surface area contributed by atoms with E-state index in [2.05, 4.69) is 4.72 Å². The van der Waals surface area contributed by atoms with E-state index in [1.165, 1.54) is 25.3 Å². The first kappa shape index (κ1) is 19.9. The fourth-order valence-electron chi connectivity index (χ4n) is 2.83. The molecular weight excluding hydrogens is 378 g/mol. The summed E-state index contributed by atoms with van der Waals surface area (Å²) in [5.74, 6) is -0.0986. The van der Waals surface area contributed by atoms with Gasteiger partial charge in [0.05, 0.1) is 12.7 Å². The van der Waals surface area contributed by atoms with Crippen molar-refractivity contribution in [2.24, 2.45) is 0 Å². The van der Waals surface area contributed by atoms with Gasteiger partial charge in [-0.15, -0.1) is 0 Å². The van der Waals surface area contributed by atoms with E-state index in [1.54, 1.807) is 26.0 Å². The minimum atomic E-state index is -3.85. The van der Waals surface area contributed by atoms with E-state index in [0.29, 0.717) is 5.75 Å². The van der Waals surface area contributed by atoms with E-state index in [9.17, 15) is 13.2 Å². The van der Waals surface area contributed by atoms with Crippen molar-refractivity contribution in [3.63, 3.8) is 0 Å². The third kappa shape index (κ3) is 4.16. The molecule has 0 saturated heterocycles. The van der Waals surface area contributed by atoms with Crippen LogP contribution in [0.2, 0.25) is 0 Å². The van der Waals surface area contributed by atoms with Crippen molar-refractivity contribution < 1.29 is 22.7 Å². The quantitative estimate of drug-likeness (QED) is 0.504. The van der Waals surface area contributed by atoms with Crippen LogP contribution in [-0.2, 0) is 10.0 Å². The fraction of sp³-hybridized carbons (Fsp3) is 0.190. The summed E-state index contributed by atoms with van der Waals surface area (Å²) in [4.78, 5) is 12.6. The van der Waals surface area contributed by atoms with E-state index in [4.69, 9.17) is 9.47 Å². The molecule has 0 spiro atoms. The molecule has 3 aromatic rings. The lowest BCUT2D eigenvalue weighted by atomic mass is 10.1. The monoisotopic (exact) mass is 399 g/mol. The number of esters is 1. The molecule has 6 nitrogen and oxygen atoms in total. The van der Waals surface area contributed by atoms with Crippen LogP contribution in [0.5, 0.6) is 11.5 Å². The van der Waals surface area contributed by atoms with Gasteiger partial charge >= 0.3 is 5.97 Å². The molecule has 0 radical (unpaired) electrons. The maximum absolute atomic E-state index is 12.7. The molecule has 0 amide bonds. The van der Waals surface area contributed by atoms with Crippen molar-refractivity contribution in [2.75, 3.05) is 7.11 Å². The molecule has 3 rings (SSSR count). The minimum absolute atomic E-state index is 0.109. The summed E-state index contributed by atoms with van der Waals surface area (Å²) in [7, 11) is -2.48. The van der Waals surface area contributed by atoms with Gasteiger partial charge in [-0.05, 0) is 43.5 Å². The Labute approximate surface area is 164 Å². The number of carbonyl (C=O) groups excluding carboxylic acids is 1. The number of hydrogen-bond donors (Lipinski definition) is 1. The van der Waals surface area contributed by atoms with E-state index < -0.39 is 16.0 Å². The second kappa shape index (κ2) is 8.00. The molecule has 0 aliphatic rings. The molecule has 3 aromatic carbocycles. The predicted octanol–water partition coefficient (Wildman–Crippen LogP) is 3.75. The standard InChI is InChI=1S/C21H21NO5S/c1-14(2)22-28(24,25)20-13-16(11-12-19(20)26-3)21(23)27-18-10-6-8-15-7-4-5-9-17(15)18/h4-14,22H,1-3H3. The second-order valence-corrected chi connectivity index (χ2v) is 8.19. The molecule has 0 heterocycles. The van der Waals surface area contributed by atoms with Gasteiger partial charge in [0.2, 0.25) is 10.0 Å². The third-order valence-corrected chi connectivity index (χ3v) is 5.71. The maximum Gasteiger partial charge on any atom is 0.343 e. The highest BCUT2D eigenvalue weighted by atomic mass is 32.2. The largest absolute Gasteiger partial charge is 0.495 e. The molecule has 0 unspecified atom stereocenters. The van der Waals surface area contributed by atoms with Crippen LogP contribution < -0.4 is 14.2 Å². The highest BCUT2D eigenvalue weighted by Gasteiger charge is 2.23. The van der Waals surface area contributed by atoms with Gasteiger partial charge in [0.25, 0.3) is 0 Å². The lowest BCUT2D eigenvalue weighted by Crippen LogP contribution is -2.30. The number of rotatable bonds is 6. The van der Waals surface area contributed by atoms with Gasteiger partial charge in [-0.25, -0.2) is 17.9 Å². The maximum atomic E-state index is 12.7. The molecule has 1 N–H and O–H groups in total. The number of carbonyl (C=O) groups is 1. The Morgan fingerprint density at radius 2 is 1.68 bits per heavy atom.